The number of ketones is 1. The number of aromatic nitrogens is 1. The van der Waals surface area contributed by atoms with Crippen LogP contribution in [0.1, 0.15) is 44.1 Å². The molecule has 5 atom stereocenters. The normalized spacial score (nSPS) is 33.3. The molecule has 2 heterocycles. The number of rotatable bonds is 2. The fourth-order valence-electron chi connectivity index (χ4n) is 6.33. The van der Waals surface area contributed by atoms with Crippen molar-refractivity contribution in [2.24, 2.45) is 17.3 Å². The van der Waals surface area contributed by atoms with E-state index in [9.17, 15) is 14.7 Å². The Morgan fingerprint density at radius 3 is 2.91 bits per heavy atom. The quantitative estimate of drug-likeness (QED) is 0.734. The number of aliphatic carboxylic acids is 1. The highest BCUT2D eigenvalue weighted by atomic mass is 16.5. The smallest absolute Gasteiger partial charge is 0.307 e. The van der Waals surface area contributed by atoms with E-state index in [1.807, 2.05) is 18.5 Å². The molecule has 5 nitrogen and oxygen atoms in total. The molecule has 0 saturated heterocycles. The number of allylic oxidation sites excluding steroid dienone is 4. The first-order chi connectivity index (χ1) is 15.4. The molecule has 5 heteroatoms. The summed E-state index contributed by atoms with van der Waals surface area (Å²) < 4.78 is 6.45. The molecule has 1 unspecified atom stereocenters. The lowest BCUT2D eigenvalue weighted by molar-refractivity contribution is -0.144. The number of carbonyl (C=O) groups excluding carboxylic acids is 1. The summed E-state index contributed by atoms with van der Waals surface area (Å²) in [4.78, 5) is 28.3. The van der Waals surface area contributed by atoms with Crippen molar-refractivity contribution in [3.05, 3.63) is 77.4 Å². The van der Waals surface area contributed by atoms with Crippen molar-refractivity contribution < 1.29 is 19.4 Å². The van der Waals surface area contributed by atoms with Gasteiger partial charge in [0.15, 0.2) is 5.78 Å². The van der Waals surface area contributed by atoms with Crippen LogP contribution in [0, 0.1) is 17.3 Å². The number of benzene rings is 1. The molecular weight excluding hydrogens is 402 g/mol. The molecule has 2 aromatic rings. The summed E-state index contributed by atoms with van der Waals surface area (Å²) in [6, 6.07) is 8.72. The first-order valence-electron chi connectivity index (χ1n) is 11.3. The average molecular weight is 428 g/mol. The summed E-state index contributed by atoms with van der Waals surface area (Å²) in [5, 5.41) is 11.8. The molecule has 1 N–H and O–H groups in total. The van der Waals surface area contributed by atoms with Gasteiger partial charge in [-0.15, -0.1) is 0 Å². The van der Waals surface area contributed by atoms with Crippen molar-refractivity contribution in [3.63, 3.8) is 0 Å². The molecule has 6 rings (SSSR count). The second-order valence-electron chi connectivity index (χ2n) is 9.80. The first kappa shape index (κ1) is 19.5. The van der Waals surface area contributed by atoms with Crippen LogP contribution in [0.25, 0.3) is 10.8 Å². The maximum atomic E-state index is 12.6. The average Bonchev–Trinajstić information content (AvgIpc) is 3.15. The van der Waals surface area contributed by atoms with Crippen molar-refractivity contribution in [1.29, 1.82) is 0 Å². The van der Waals surface area contributed by atoms with E-state index in [2.05, 4.69) is 48.3 Å². The van der Waals surface area contributed by atoms with Gasteiger partial charge in [-0.2, -0.15) is 0 Å². The summed E-state index contributed by atoms with van der Waals surface area (Å²) in [6.45, 7) is 2.32. The molecule has 1 saturated carbocycles. The molecule has 1 aliphatic heterocycles. The highest BCUT2D eigenvalue weighted by molar-refractivity contribution is 6.02. The Morgan fingerprint density at radius 2 is 2.06 bits per heavy atom. The van der Waals surface area contributed by atoms with Crippen molar-refractivity contribution >= 4 is 22.5 Å². The van der Waals surface area contributed by atoms with E-state index in [-0.39, 0.29) is 29.6 Å². The minimum absolute atomic E-state index is 0.0520. The van der Waals surface area contributed by atoms with Crippen LogP contribution in [0.15, 0.2) is 71.8 Å². The fourth-order valence-corrected chi connectivity index (χ4v) is 6.33. The van der Waals surface area contributed by atoms with E-state index in [4.69, 9.17) is 4.74 Å². The zero-order valence-corrected chi connectivity index (χ0v) is 18.0. The summed E-state index contributed by atoms with van der Waals surface area (Å²) in [5.74, 6) is -0.509. The van der Waals surface area contributed by atoms with Crippen LogP contribution in [0.4, 0.5) is 0 Å². The van der Waals surface area contributed by atoms with E-state index in [0.29, 0.717) is 23.7 Å². The van der Waals surface area contributed by atoms with E-state index < -0.39 is 11.9 Å². The van der Waals surface area contributed by atoms with Gasteiger partial charge in [-0.25, -0.2) is 0 Å². The van der Waals surface area contributed by atoms with Gasteiger partial charge in [0.2, 0.25) is 0 Å². The monoisotopic (exact) mass is 427 g/mol. The van der Waals surface area contributed by atoms with Crippen molar-refractivity contribution in [2.45, 2.75) is 44.6 Å². The van der Waals surface area contributed by atoms with Gasteiger partial charge in [0.25, 0.3) is 0 Å². The number of carboxylic acids is 1. The number of nitrogens with zero attached hydrogens (tertiary/aromatic N) is 1. The largest absolute Gasteiger partial charge is 0.489 e. The van der Waals surface area contributed by atoms with Crippen LogP contribution in [0.2, 0.25) is 0 Å². The van der Waals surface area contributed by atoms with E-state index >= 15 is 0 Å². The second-order valence-corrected chi connectivity index (χ2v) is 9.80. The van der Waals surface area contributed by atoms with Crippen molar-refractivity contribution in [2.75, 3.05) is 0 Å². The van der Waals surface area contributed by atoms with Gasteiger partial charge in [-0.3, -0.25) is 14.6 Å². The second kappa shape index (κ2) is 6.89. The van der Waals surface area contributed by atoms with Crippen LogP contribution in [-0.4, -0.2) is 27.9 Å². The molecule has 162 valence electrons. The number of fused-ring (bicyclic) bond motifs is 4. The molecule has 32 heavy (non-hydrogen) atoms. The van der Waals surface area contributed by atoms with Crippen LogP contribution in [0.3, 0.4) is 0 Å². The number of pyridine rings is 1. The van der Waals surface area contributed by atoms with Crippen LogP contribution >= 0.6 is 0 Å². The van der Waals surface area contributed by atoms with E-state index in [1.54, 1.807) is 0 Å². The third-order valence-electron chi connectivity index (χ3n) is 8.11. The number of carboxylic acid groups (broad SMARTS) is 1. The maximum absolute atomic E-state index is 12.6. The fraction of sp³-hybridized carbons (Fsp3) is 0.370. The predicted octanol–water partition coefficient (Wildman–Crippen LogP) is 4.95. The number of hydrogen-bond acceptors (Lipinski definition) is 4. The molecule has 0 spiro atoms. The SMILES string of the molecule is C[C@]12C=CC3=CC4=C(CC(C(=O)O)CC4=O)O[C@H]3[C@@H]1CC[C@@H]2c1ccc2cnccc2c1. The van der Waals surface area contributed by atoms with Gasteiger partial charge in [0, 0.05) is 36.5 Å². The van der Waals surface area contributed by atoms with Crippen LogP contribution < -0.4 is 0 Å². The summed E-state index contributed by atoms with van der Waals surface area (Å²) >= 11 is 0. The molecule has 1 aromatic carbocycles. The Hall–Kier alpha value is -3.21. The number of carbonyl (C=O) groups is 2. The molecule has 0 bridgehead atoms. The van der Waals surface area contributed by atoms with Gasteiger partial charge < -0.3 is 9.84 Å². The van der Waals surface area contributed by atoms with Gasteiger partial charge in [0.1, 0.15) is 11.9 Å². The minimum atomic E-state index is -0.927. The molecule has 1 aromatic heterocycles. The topological polar surface area (TPSA) is 76.5 Å². The summed E-state index contributed by atoms with van der Waals surface area (Å²) in [6.07, 6.45) is 12.4. The van der Waals surface area contributed by atoms with Crippen molar-refractivity contribution in [3.8, 4) is 0 Å². The first-order valence-corrected chi connectivity index (χ1v) is 11.3. The number of Topliss-reactive ketones (excluding diaryl/α,β-unsaturated/α-hetero) is 1. The minimum Gasteiger partial charge on any atom is -0.489 e. The zero-order valence-electron chi connectivity index (χ0n) is 18.0. The molecule has 4 aliphatic rings. The Balaban J connectivity index is 1.35. The Kier molecular flexibility index (Phi) is 4.19. The summed E-state index contributed by atoms with van der Waals surface area (Å²) in [5.41, 5.74) is 2.88. The number of ether oxygens (including phenoxy) is 1. The van der Waals surface area contributed by atoms with E-state index in [1.165, 1.54) is 10.9 Å². The third kappa shape index (κ3) is 2.80. The van der Waals surface area contributed by atoms with Crippen molar-refractivity contribution in [1.82, 2.24) is 4.98 Å². The predicted molar refractivity (Wildman–Crippen MR) is 120 cm³/mol. The Morgan fingerprint density at radius 1 is 1.19 bits per heavy atom. The Labute approximate surface area is 186 Å². The third-order valence-corrected chi connectivity index (χ3v) is 8.11. The lowest BCUT2D eigenvalue weighted by Crippen LogP contribution is -2.41. The molecule has 3 aliphatic carbocycles. The van der Waals surface area contributed by atoms with Gasteiger partial charge in [0.05, 0.1) is 11.5 Å². The van der Waals surface area contributed by atoms with Crippen LogP contribution in [0.5, 0.6) is 0 Å². The molecule has 1 fully saturated rings. The lowest BCUT2D eigenvalue weighted by atomic mass is 9.64. The zero-order chi connectivity index (χ0) is 22.0. The highest BCUT2D eigenvalue weighted by Crippen LogP contribution is 2.59. The maximum Gasteiger partial charge on any atom is 0.307 e. The van der Waals surface area contributed by atoms with E-state index in [0.717, 1.165) is 23.8 Å². The highest BCUT2D eigenvalue weighted by Gasteiger charge is 2.53. The van der Waals surface area contributed by atoms with Gasteiger partial charge in [-0.05, 0) is 52.8 Å². The summed E-state index contributed by atoms with van der Waals surface area (Å²) in [7, 11) is 0. The standard InChI is InChI=1S/C27H25NO4/c1-27-8-6-17-11-20-23(29)12-19(26(30)31)13-24(20)32-25(17)22(27)5-4-21(27)16-2-3-18-14-28-9-7-15(18)10-16/h2-3,6-11,14,19,21-22,25H,4-5,12-13H2,1H3,(H,30,31)/t19?,21-,22+,25-,27-/m1/s1. The lowest BCUT2D eigenvalue weighted by Gasteiger charge is -2.44. The number of hydrogen-bond donors (Lipinski definition) is 1. The van der Waals surface area contributed by atoms with Crippen LogP contribution in [-0.2, 0) is 14.3 Å². The molecule has 0 amide bonds. The Bertz CT molecular complexity index is 1260. The molecule has 0 radical (unpaired) electrons. The molecular formula is C27H25NO4. The van der Waals surface area contributed by atoms with Gasteiger partial charge >= 0.3 is 5.97 Å². The van der Waals surface area contributed by atoms with Gasteiger partial charge in [-0.1, -0.05) is 37.3 Å².